The Kier molecular flexibility index (Phi) is 19.9. The van der Waals surface area contributed by atoms with E-state index < -0.39 is 0 Å². The zero-order valence-corrected chi connectivity index (χ0v) is 5.50. The first-order chi connectivity index (χ1) is 1.41. The van der Waals surface area contributed by atoms with Gasteiger partial charge in [0.05, 0.1) is 0 Å². The quantitative estimate of drug-likeness (QED) is 0.320. The van der Waals surface area contributed by atoms with E-state index in [-0.39, 0.29) is 21.7 Å². The third-order valence-electron chi connectivity index (χ3n) is 0. The van der Waals surface area contributed by atoms with Crippen molar-refractivity contribution in [3.05, 3.63) is 0 Å². The molecule has 0 radical (unpaired) electrons. The Bertz CT molecular complexity index is 6.00. The standard InChI is InChI=1S/C2H7P.Ti/c1-2-3;/h2-3H2,1H3;. The fourth-order valence-electron chi connectivity index (χ4n) is 0. The summed E-state index contributed by atoms with van der Waals surface area (Å²) in [5, 5.41) is 0. The van der Waals surface area contributed by atoms with Crippen LogP contribution in [0.25, 0.3) is 0 Å². The maximum atomic E-state index is 2.58. The predicted octanol–water partition coefficient (Wildman–Crippen LogP) is 0.879. The van der Waals surface area contributed by atoms with Gasteiger partial charge in [-0.2, -0.15) is 0 Å². The average molecular weight is 110 g/mol. The summed E-state index contributed by atoms with van der Waals surface area (Å²) in [5.41, 5.74) is 0. The van der Waals surface area contributed by atoms with Crippen LogP contribution >= 0.6 is 9.24 Å². The van der Waals surface area contributed by atoms with Crippen LogP contribution in [0.2, 0.25) is 0 Å². The van der Waals surface area contributed by atoms with Crippen molar-refractivity contribution in [3.63, 3.8) is 0 Å². The minimum Gasteiger partial charge on any atom is -0.138 e. The molecular weight excluding hydrogens is 103 g/mol. The van der Waals surface area contributed by atoms with E-state index in [1.54, 1.807) is 0 Å². The van der Waals surface area contributed by atoms with Crippen LogP contribution in [-0.2, 0) is 21.7 Å². The summed E-state index contributed by atoms with van der Waals surface area (Å²) in [7, 11) is 2.58. The molecule has 0 rings (SSSR count). The Morgan fingerprint density at radius 3 is 1.75 bits per heavy atom. The Morgan fingerprint density at radius 2 is 1.75 bits per heavy atom. The molecule has 0 aromatic rings. The fourth-order valence-corrected chi connectivity index (χ4v) is 0. The summed E-state index contributed by atoms with van der Waals surface area (Å²) >= 11 is 0. The Morgan fingerprint density at radius 1 is 1.75 bits per heavy atom. The summed E-state index contributed by atoms with van der Waals surface area (Å²) in [6, 6.07) is 0. The molecular formula is C2H7PTi. The minimum absolute atomic E-state index is 0. The van der Waals surface area contributed by atoms with Gasteiger partial charge in [0, 0.05) is 21.7 Å². The van der Waals surface area contributed by atoms with Crippen LogP contribution in [0.4, 0.5) is 0 Å². The van der Waals surface area contributed by atoms with Crippen LogP contribution in [0.3, 0.4) is 0 Å². The first kappa shape index (κ1) is 8.94. The zero-order valence-electron chi connectivity index (χ0n) is 2.78. The van der Waals surface area contributed by atoms with Crippen molar-refractivity contribution in [2.75, 3.05) is 6.16 Å². The fraction of sp³-hybridized carbons (Fsp3) is 1.00. The van der Waals surface area contributed by atoms with E-state index in [1.807, 2.05) is 0 Å². The summed E-state index contributed by atoms with van der Waals surface area (Å²) in [6.07, 6.45) is 1.17. The van der Waals surface area contributed by atoms with Crippen molar-refractivity contribution in [1.29, 1.82) is 0 Å². The van der Waals surface area contributed by atoms with E-state index in [2.05, 4.69) is 16.2 Å². The van der Waals surface area contributed by atoms with Crippen LogP contribution in [-0.4, -0.2) is 6.16 Å². The van der Waals surface area contributed by atoms with Crippen LogP contribution in [0.15, 0.2) is 0 Å². The predicted molar refractivity (Wildman–Crippen MR) is 20.3 cm³/mol. The third-order valence-corrected chi connectivity index (χ3v) is 0. The first-order valence-electron chi connectivity index (χ1n) is 1.12. The zero-order chi connectivity index (χ0) is 2.71. The summed E-state index contributed by atoms with van der Waals surface area (Å²) in [5.74, 6) is 0. The normalized spacial score (nSPS) is 4.50. The second-order valence-electron chi connectivity index (χ2n) is 0.408. The smallest absolute Gasteiger partial charge is 0 e. The summed E-state index contributed by atoms with van der Waals surface area (Å²) in [6.45, 7) is 2.09. The molecule has 1 atom stereocenters. The third kappa shape index (κ3) is 11.0. The van der Waals surface area contributed by atoms with Crippen molar-refractivity contribution in [2.24, 2.45) is 0 Å². The topological polar surface area (TPSA) is 0 Å². The minimum atomic E-state index is 0. The van der Waals surface area contributed by atoms with E-state index in [1.165, 1.54) is 6.16 Å². The van der Waals surface area contributed by atoms with Gasteiger partial charge < -0.3 is 0 Å². The SMILES string of the molecule is CCP.[Ti]. The van der Waals surface area contributed by atoms with Gasteiger partial charge in [-0.25, -0.2) is 0 Å². The number of hydrogen-bond donors (Lipinski definition) is 0. The molecule has 0 heterocycles. The maximum absolute atomic E-state index is 2.58. The maximum Gasteiger partial charge on any atom is 0 e. The monoisotopic (exact) mass is 110 g/mol. The molecule has 0 saturated carbocycles. The van der Waals surface area contributed by atoms with E-state index in [4.69, 9.17) is 0 Å². The molecule has 0 aliphatic heterocycles. The molecule has 0 saturated heterocycles. The number of hydrogen-bond acceptors (Lipinski definition) is 0. The number of rotatable bonds is 0. The summed E-state index contributed by atoms with van der Waals surface area (Å²) in [4.78, 5) is 0. The molecule has 0 aliphatic rings. The van der Waals surface area contributed by atoms with E-state index in [9.17, 15) is 0 Å². The Labute approximate surface area is 44.4 Å². The van der Waals surface area contributed by atoms with Crippen molar-refractivity contribution in [3.8, 4) is 0 Å². The van der Waals surface area contributed by atoms with Crippen molar-refractivity contribution in [2.45, 2.75) is 6.92 Å². The van der Waals surface area contributed by atoms with E-state index in [0.717, 1.165) is 0 Å². The molecule has 1 unspecified atom stereocenters. The second-order valence-corrected chi connectivity index (χ2v) is 1.22. The van der Waals surface area contributed by atoms with Gasteiger partial charge in [-0.1, -0.05) is 6.92 Å². The average Bonchev–Trinajstić information content (AvgIpc) is 0.918. The molecule has 0 aromatic carbocycles. The van der Waals surface area contributed by atoms with Gasteiger partial charge in [0.1, 0.15) is 0 Å². The van der Waals surface area contributed by atoms with Crippen LogP contribution < -0.4 is 0 Å². The largest absolute Gasteiger partial charge is 0.138 e. The van der Waals surface area contributed by atoms with E-state index in [0.29, 0.717) is 0 Å². The van der Waals surface area contributed by atoms with E-state index >= 15 is 0 Å². The molecule has 24 valence electrons. The van der Waals surface area contributed by atoms with Crippen LogP contribution in [0.1, 0.15) is 6.92 Å². The van der Waals surface area contributed by atoms with Gasteiger partial charge in [-0.15, -0.1) is 9.24 Å². The molecule has 0 nitrogen and oxygen atoms in total. The van der Waals surface area contributed by atoms with Crippen LogP contribution in [0, 0.1) is 0 Å². The molecule has 2 heteroatoms. The second kappa shape index (κ2) is 8.91. The van der Waals surface area contributed by atoms with Gasteiger partial charge in [-0.3, -0.25) is 0 Å². The molecule has 0 aliphatic carbocycles. The Hall–Kier alpha value is 1.14. The molecule has 0 N–H and O–H groups in total. The Balaban J connectivity index is 0. The molecule has 0 aromatic heterocycles. The molecule has 0 spiro atoms. The molecule has 4 heavy (non-hydrogen) atoms. The van der Waals surface area contributed by atoms with Gasteiger partial charge in [0.15, 0.2) is 0 Å². The van der Waals surface area contributed by atoms with Gasteiger partial charge in [0.25, 0.3) is 0 Å². The van der Waals surface area contributed by atoms with Gasteiger partial charge in [0.2, 0.25) is 0 Å². The first-order valence-corrected chi connectivity index (χ1v) is 1.93. The summed E-state index contributed by atoms with van der Waals surface area (Å²) < 4.78 is 0. The molecule has 0 bridgehead atoms. The van der Waals surface area contributed by atoms with Crippen molar-refractivity contribution in [1.82, 2.24) is 0 Å². The van der Waals surface area contributed by atoms with Crippen LogP contribution in [0.5, 0.6) is 0 Å². The van der Waals surface area contributed by atoms with Gasteiger partial charge >= 0.3 is 0 Å². The molecule has 0 fully saturated rings. The van der Waals surface area contributed by atoms with Gasteiger partial charge in [-0.05, 0) is 6.16 Å². The van der Waals surface area contributed by atoms with Crippen molar-refractivity contribution < 1.29 is 21.7 Å². The van der Waals surface area contributed by atoms with Crippen molar-refractivity contribution >= 4 is 9.24 Å². The molecule has 0 amide bonds.